The second-order valence-electron chi connectivity index (χ2n) is 6.19. The number of carbonyl (C=O) groups is 1. The molecule has 1 fully saturated rings. The number of nitrogens with zero attached hydrogens (tertiary/aromatic N) is 3. The van der Waals surface area contributed by atoms with Crippen LogP contribution in [0.2, 0.25) is 0 Å². The molecule has 0 amide bonds. The minimum absolute atomic E-state index is 0.0116. The Morgan fingerprint density at radius 3 is 2.96 bits per heavy atom. The fraction of sp³-hybridized carbons (Fsp3) is 0.389. The summed E-state index contributed by atoms with van der Waals surface area (Å²) < 4.78 is 15.2. The Balaban J connectivity index is 1.73. The molecule has 1 aromatic heterocycles. The van der Waals surface area contributed by atoms with Crippen LogP contribution in [0.15, 0.2) is 41.5 Å². The SMILES string of the molecule is Cn1ccnc(N2CCCC(C(=O)Cc3ccccc3F)C2)c1=O. The molecule has 0 bridgehead atoms. The largest absolute Gasteiger partial charge is 0.351 e. The lowest BCUT2D eigenvalue weighted by atomic mass is 9.90. The maximum absolute atomic E-state index is 13.7. The van der Waals surface area contributed by atoms with Crippen molar-refractivity contribution < 1.29 is 9.18 Å². The third kappa shape index (κ3) is 3.37. The van der Waals surface area contributed by atoms with Gasteiger partial charge < -0.3 is 9.47 Å². The van der Waals surface area contributed by atoms with E-state index in [1.165, 1.54) is 10.6 Å². The average molecular weight is 329 g/mol. The summed E-state index contributed by atoms with van der Waals surface area (Å²) >= 11 is 0. The fourth-order valence-electron chi connectivity index (χ4n) is 3.11. The molecule has 0 aliphatic carbocycles. The number of hydrogen-bond acceptors (Lipinski definition) is 4. The fourth-order valence-corrected chi connectivity index (χ4v) is 3.11. The van der Waals surface area contributed by atoms with E-state index >= 15 is 0 Å². The number of Topliss-reactive ketones (excluding diaryl/α,β-unsaturated/α-hetero) is 1. The van der Waals surface area contributed by atoms with Crippen molar-refractivity contribution in [1.82, 2.24) is 9.55 Å². The monoisotopic (exact) mass is 329 g/mol. The number of benzene rings is 1. The minimum Gasteiger partial charge on any atom is -0.351 e. The summed E-state index contributed by atoms with van der Waals surface area (Å²) in [5, 5.41) is 0. The van der Waals surface area contributed by atoms with Crippen LogP contribution in [0, 0.1) is 11.7 Å². The summed E-state index contributed by atoms with van der Waals surface area (Å²) in [5.41, 5.74) is 0.257. The highest BCUT2D eigenvalue weighted by Gasteiger charge is 2.28. The number of halogens is 1. The molecule has 1 saturated heterocycles. The van der Waals surface area contributed by atoms with E-state index in [-0.39, 0.29) is 29.5 Å². The minimum atomic E-state index is -0.350. The van der Waals surface area contributed by atoms with E-state index in [0.29, 0.717) is 24.5 Å². The molecule has 1 aliphatic heterocycles. The number of aromatic nitrogens is 2. The molecule has 0 N–H and O–H groups in total. The van der Waals surface area contributed by atoms with Gasteiger partial charge in [-0.05, 0) is 24.5 Å². The first-order chi connectivity index (χ1) is 11.6. The molecule has 3 rings (SSSR count). The Bertz CT molecular complexity index is 803. The highest BCUT2D eigenvalue weighted by atomic mass is 19.1. The summed E-state index contributed by atoms with van der Waals surface area (Å²) in [6, 6.07) is 6.36. The van der Waals surface area contributed by atoms with Gasteiger partial charge in [0.25, 0.3) is 5.56 Å². The average Bonchev–Trinajstić information content (AvgIpc) is 2.59. The van der Waals surface area contributed by atoms with Gasteiger partial charge in [0.2, 0.25) is 0 Å². The van der Waals surface area contributed by atoms with Crippen LogP contribution in [-0.4, -0.2) is 28.4 Å². The molecule has 1 aliphatic rings. The van der Waals surface area contributed by atoms with E-state index in [0.717, 1.165) is 12.8 Å². The van der Waals surface area contributed by atoms with E-state index in [4.69, 9.17) is 0 Å². The number of aryl methyl sites for hydroxylation is 1. The Morgan fingerprint density at radius 1 is 1.38 bits per heavy atom. The van der Waals surface area contributed by atoms with Crippen molar-refractivity contribution in [2.24, 2.45) is 13.0 Å². The van der Waals surface area contributed by atoms with Crippen LogP contribution in [-0.2, 0) is 18.3 Å². The molecule has 126 valence electrons. The zero-order chi connectivity index (χ0) is 17.1. The van der Waals surface area contributed by atoms with Crippen molar-refractivity contribution >= 4 is 11.6 Å². The van der Waals surface area contributed by atoms with Gasteiger partial charge in [-0.2, -0.15) is 0 Å². The molecule has 1 unspecified atom stereocenters. The molecule has 2 aromatic rings. The van der Waals surface area contributed by atoms with E-state index in [1.54, 1.807) is 37.6 Å². The maximum Gasteiger partial charge on any atom is 0.293 e. The molecule has 2 heterocycles. The molecular weight excluding hydrogens is 309 g/mol. The van der Waals surface area contributed by atoms with Crippen molar-refractivity contribution in [1.29, 1.82) is 0 Å². The number of anilines is 1. The van der Waals surface area contributed by atoms with Crippen molar-refractivity contribution in [3.63, 3.8) is 0 Å². The zero-order valence-electron chi connectivity index (χ0n) is 13.6. The highest BCUT2D eigenvalue weighted by Crippen LogP contribution is 2.22. The molecular formula is C18H20FN3O2. The molecule has 0 spiro atoms. The summed E-state index contributed by atoms with van der Waals surface area (Å²) in [4.78, 5) is 30.8. The van der Waals surface area contributed by atoms with Gasteiger partial charge in [0.05, 0.1) is 0 Å². The first-order valence-electron chi connectivity index (χ1n) is 8.09. The van der Waals surface area contributed by atoms with Crippen LogP contribution >= 0.6 is 0 Å². The van der Waals surface area contributed by atoms with Crippen LogP contribution in [0.3, 0.4) is 0 Å². The molecule has 1 aromatic carbocycles. The summed E-state index contributed by atoms with van der Waals surface area (Å²) in [6.45, 7) is 1.16. The lowest BCUT2D eigenvalue weighted by Gasteiger charge is -2.32. The van der Waals surface area contributed by atoms with Gasteiger partial charge in [0.1, 0.15) is 11.6 Å². The first-order valence-corrected chi connectivity index (χ1v) is 8.09. The molecule has 1 atom stereocenters. The summed E-state index contributed by atoms with van der Waals surface area (Å²) in [6.07, 6.45) is 4.86. The molecule has 24 heavy (non-hydrogen) atoms. The predicted octanol–water partition coefficient (Wildman–Crippen LogP) is 1.95. The number of ketones is 1. The van der Waals surface area contributed by atoms with Gasteiger partial charge in [0.15, 0.2) is 5.82 Å². The van der Waals surface area contributed by atoms with Gasteiger partial charge in [-0.25, -0.2) is 9.37 Å². The first kappa shape index (κ1) is 16.4. The lowest BCUT2D eigenvalue weighted by Crippen LogP contribution is -2.42. The Hall–Kier alpha value is -2.50. The third-order valence-electron chi connectivity index (χ3n) is 4.50. The molecule has 5 nitrogen and oxygen atoms in total. The van der Waals surface area contributed by atoms with E-state index in [1.807, 2.05) is 4.90 Å². The van der Waals surface area contributed by atoms with Crippen molar-refractivity contribution in [3.05, 3.63) is 58.4 Å². The Kier molecular flexibility index (Phi) is 4.74. The third-order valence-corrected chi connectivity index (χ3v) is 4.50. The topological polar surface area (TPSA) is 55.2 Å². The van der Waals surface area contributed by atoms with E-state index < -0.39 is 0 Å². The molecule has 0 saturated carbocycles. The smallest absolute Gasteiger partial charge is 0.293 e. The number of piperidine rings is 1. The Labute approximate surface area is 139 Å². The number of hydrogen-bond donors (Lipinski definition) is 0. The van der Waals surface area contributed by atoms with Crippen LogP contribution in [0.5, 0.6) is 0 Å². The number of carbonyl (C=O) groups excluding carboxylic acids is 1. The number of rotatable bonds is 4. The second kappa shape index (κ2) is 6.95. The van der Waals surface area contributed by atoms with Gasteiger partial charge in [0, 0.05) is 44.9 Å². The highest BCUT2D eigenvalue weighted by molar-refractivity contribution is 5.84. The van der Waals surface area contributed by atoms with Crippen LogP contribution < -0.4 is 10.5 Å². The van der Waals surface area contributed by atoms with Crippen LogP contribution in [0.25, 0.3) is 0 Å². The Morgan fingerprint density at radius 2 is 2.17 bits per heavy atom. The zero-order valence-corrected chi connectivity index (χ0v) is 13.6. The van der Waals surface area contributed by atoms with Crippen LogP contribution in [0.1, 0.15) is 18.4 Å². The molecule has 0 radical (unpaired) electrons. The summed E-state index contributed by atoms with van der Waals surface area (Å²) in [5.74, 6) is -0.164. The van der Waals surface area contributed by atoms with Crippen molar-refractivity contribution in [3.8, 4) is 0 Å². The quantitative estimate of drug-likeness (QED) is 0.860. The predicted molar refractivity (Wildman–Crippen MR) is 89.5 cm³/mol. The van der Waals surface area contributed by atoms with Crippen LogP contribution in [0.4, 0.5) is 10.2 Å². The molecule has 6 heteroatoms. The van der Waals surface area contributed by atoms with Gasteiger partial charge >= 0.3 is 0 Å². The maximum atomic E-state index is 13.7. The van der Waals surface area contributed by atoms with Gasteiger partial charge in [-0.3, -0.25) is 9.59 Å². The normalized spacial score (nSPS) is 17.8. The van der Waals surface area contributed by atoms with Crippen molar-refractivity contribution in [2.75, 3.05) is 18.0 Å². The van der Waals surface area contributed by atoms with Gasteiger partial charge in [-0.1, -0.05) is 18.2 Å². The van der Waals surface area contributed by atoms with E-state index in [9.17, 15) is 14.0 Å². The van der Waals surface area contributed by atoms with Crippen molar-refractivity contribution in [2.45, 2.75) is 19.3 Å². The second-order valence-corrected chi connectivity index (χ2v) is 6.19. The van der Waals surface area contributed by atoms with E-state index in [2.05, 4.69) is 4.98 Å². The summed E-state index contributed by atoms with van der Waals surface area (Å²) in [7, 11) is 1.68. The standard InChI is InChI=1S/C18H20FN3O2/c1-21-10-8-20-17(18(21)24)22-9-4-6-14(12-22)16(23)11-13-5-2-3-7-15(13)19/h2-3,5,7-8,10,14H,4,6,9,11-12H2,1H3. The lowest BCUT2D eigenvalue weighted by molar-refractivity contribution is -0.122. The van der Waals surface area contributed by atoms with Gasteiger partial charge in [-0.15, -0.1) is 0 Å².